The first-order valence-corrected chi connectivity index (χ1v) is 11.3. The molecule has 1 aliphatic heterocycles. The normalized spacial score (nSPS) is 22.3. The zero-order valence-electron chi connectivity index (χ0n) is 11.4. The Morgan fingerprint density at radius 1 is 1.48 bits per heavy atom. The molecule has 2 N–H and O–H groups in total. The van der Waals surface area contributed by atoms with Gasteiger partial charge in [-0.25, -0.2) is 21.6 Å². The van der Waals surface area contributed by atoms with Gasteiger partial charge in [0.25, 0.3) is 0 Å². The summed E-state index contributed by atoms with van der Waals surface area (Å²) in [4.78, 5) is 1.06. The maximum Gasteiger partial charge on any atom is 0.242 e. The van der Waals surface area contributed by atoms with Crippen molar-refractivity contribution in [3.8, 4) is 0 Å². The number of sulfone groups is 1. The molecule has 2 rings (SSSR count). The molecule has 0 saturated carbocycles. The molecule has 1 saturated heterocycles. The molecule has 1 aromatic rings. The lowest BCUT2D eigenvalue weighted by atomic mass is 10.2. The number of hydrogen-bond acceptors (Lipinski definition) is 6. The molecule has 0 spiro atoms. The largest absolute Gasteiger partial charge is 0.315 e. The highest BCUT2D eigenvalue weighted by atomic mass is 79.9. The minimum Gasteiger partial charge on any atom is -0.315 e. The molecule has 0 amide bonds. The molecule has 1 unspecified atom stereocenters. The summed E-state index contributed by atoms with van der Waals surface area (Å²) in [5.41, 5.74) is 0. The smallest absolute Gasteiger partial charge is 0.242 e. The molecular weight excluding hydrogens is 400 g/mol. The maximum atomic E-state index is 12.4. The van der Waals surface area contributed by atoms with E-state index in [-0.39, 0.29) is 16.4 Å². The Bertz CT molecular complexity index is 712. The number of hydrogen-bond donors (Lipinski definition) is 2. The first-order chi connectivity index (χ1) is 9.73. The summed E-state index contributed by atoms with van der Waals surface area (Å²) in [5, 5.41) is 2.96. The van der Waals surface area contributed by atoms with E-state index in [1.54, 1.807) is 13.1 Å². The summed E-state index contributed by atoms with van der Waals surface area (Å²) < 4.78 is 51.0. The maximum absolute atomic E-state index is 12.4. The average molecular weight is 417 g/mol. The van der Waals surface area contributed by atoms with Crippen molar-refractivity contribution in [2.24, 2.45) is 0 Å². The molecule has 0 radical (unpaired) electrons. The fourth-order valence-electron chi connectivity index (χ4n) is 2.24. The molecule has 2 heterocycles. The Morgan fingerprint density at radius 2 is 2.19 bits per heavy atom. The monoisotopic (exact) mass is 416 g/mol. The minimum atomic E-state index is -3.72. The molecule has 120 valence electrons. The van der Waals surface area contributed by atoms with Crippen LogP contribution in [0.5, 0.6) is 0 Å². The van der Waals surface area contributed by atoms with Crippen molar-refractivity contribution in [2.45, 2.75) is 30.3 Å². The van der Waals surface area contributed by atoms with E-state index in [4.69, 9.17) is 0 Å². The Hall–Kier alpha value is -0.000000000000000194. The second-order valence-corrected chi connectivity index (χ2v) is 11.3. The van der Waals surface area contributed by atoms with Crippen LogP contribution in [-0.2, 0) is 26.4 Å². The van der Waals surface area contributed by atoms with E-state index in [0.717, 1.165) is 4.88 Å². The highest BCUT2D eigenvalue weighted by Gasteiger charge is 2.30. The number of thiophene rings is 1. The highest BCUT2D eigenvalue weighted by molar-refractivity contribution is 9.11. The lowest BCUT2D eigenvalue weighted by Crippen LogP contribution is -2.43. The third-order valence-corrected chi connectivity index (χ3v) is 8.73. The third kappa shape index (κ3) is 4.49. The van der Waals surface area contributed by atoms with Gasteiger partial charge in [-0.2, -0.15) is 0 Å². The molecule has 1 fully saturated rings. The van der Waals surface area contributed by atoms with Crippen LogP contribution in [-0.4, -0.2) is 41.4 Å². The summed E-state index contributed by atoms with van der Waals surface area (Å²) in [6.07, 6.45) is 1.04. The van der Waals surface area contributed by atoms with Crippen LogP contribution in [0.1, 0.15) is 17.7 Å². The van der Waals surface area contributed by atoms with Crippen LogP contribution >= 0.6 is 27.3 Å². The standard InChI is InChI=1S/C11H17BrN2O4S3/c1-13-6-9-5-10(11(12)19-9)21(17,18)14-8-3-2-4-20(15,16)7-8/h5,8,13-14H,2-4,6-7H2,1H3. The topological polar surface area (TPSA) is 92.3 Å². The Morgan fingerprint density at radius 3 is 2.81 bits per heavy atom. The van der Waals surface area contributed by atoms with Crippen molar-refractivity contribution in [3.05, 3.63) is 14.7 Å². The second-order valence-electron chi connectivity index (χ2n) is 4.96. The summed E-state index contributed by atoms with van der Waals surface area (Å²) >= 11 is 4.61. The van der Waals surface area contributed by atoms with Gasteiger partial charge >= 0.3 is 0 Å². The van der Waals surface area contributed by atoms with Crippen molar-refractivity contribution >= 4 is 47.1 Å². The van der Waals surface area contributed by atoms with Crippen LogP contribution in [0, 0.1) is 0 Å². The van der Waals surface area contributed by atoms with Crippen LogP contribution in [0.2, 0.25) is 0 Å². The van der Waals surface area contributed by atoms with Crippen molar-refractivity contribution in [1.82, 2.24) is 10.0 Å². The van der Waals surface area contributed by atoms with E-state index in [0.29, 0.717) is 23.2 Å². The fourth-order valence-corrected chi connectivity index (χ4v) is 7.95. The van der Waals surface area contributed by atoms with E-state index < -0.39 is 25.9 Å². The van der Waals surface area contributed by atoms with Gasteiger partial charge in [-0.15, -0.1) is 11.3 Å². The second kappa shape index (κ2) is 6.63. The zero-order chi connectivity index (χ0) is 15.7. The molecule has 0 aromatic carbocycles. The van der Waals surface area contributed by atoms with Crippen LogP contribution < -0.4 is 10.0 Å². The summed E-state index contributed by atoms with van der Waals surface area (Å²) in [5.74, 6) is 0.0110. The van der Waals surface area contributed by atoms with Crippen molar-refractivity contribution in [3.63, 3.8) is 0 Å². The van der Waals surface area contributed by atoms with Crippen molar-refractivity contribution in [2.75, 3.05) is 18.6 Å². The van der Waals surface area contributed by atoms with E-state index >= 15 is 0 Å². The van der Waals surface area contributed by atoms with Gasteiger partial charge in [0.05, 0.1) is 15.3 Å². The molecule has 10 heteroatoms. The van der Waals surface area contributed by atoms with Crippen molar-refractivity contribution < 1.29 is 16.8 Å². The van der Waals surface area contributed by atoms with E-state index in [9.17, 15) is 16.8 Å². The molecule has 6 nitrogen and oxygen atoms in total. The summed E-state index contributed by atoms with van der Waals surface area (Å²) in [7, 11) is -5.08. The van der Waals surface area contributed by atoms with Gasteiger partial charge in [-0.3, -0.25) is 0 Å². The molecule has 0 bridgehead atoms. The zero-order valence-corrected chi connectivity index (χ0v) is 15.5. The highest BCUT2D eigenvalue weighted by Crippen LogP contribution is 2.32. The molecule has 0 aliphatic carbocycles. The predicted octanol–water partition coefficient (Wildman–Crippen LogP) is 1.09. The molecule has 1 aromatic heterocycles. The quantitative estimate of drug-likeness (QED) is 0.748. The average Bonchev–Trinajstić information content (AvgIpc) is 2.69. The van der Waals surface area contributed by atoms with E-state index in [2.05, 4.69) is 26.0 Å². The molecular formula is C11H17BrN2O4S3. The van der Waals surface area contributed by atoms with E-state index in [1.807, 2.05) is 0 Å². The minimum absolute atomic E-state index is 0.128. The van der Waals surface area contributed by atoms with Crippen molar-refractivity contribution in [1.29, 1.82) is 0 Å². The molecule has 1 atom stereocenters. The van der Waals surface area contributed by atoms with Crippen LogP contribution in [0.25, 0.3) is 0 Å². The molecule has 21 heavy (non-hydrogen) atoms. The van der Waals surface area contributed by atoms with Crippen LogP contribution in [0.3, 0.4) is 0 Å². The Kier molecular flexibility index (Phi) is 5.48. The first-order valence-electron chi connectivity index (χ1n) is 6.39. The van der Waals surface area contributed by atoms with Gasteiger partial charge in [-0.1, -0.05) is 0 Å². The number of nitrogens with one attached hydrogen (secondary N) is 2. The summed E-state index contributed by atoms with van der Waals surface area (Å²) in [6.45, 7) is 0.580. The molecule has 1 aliphatic rings. The van der Waals surface area contributed by atoms with Gasteiger partial charge in [-0.05, 0) is 41.9 Å². The van der Waals surface area contributed by atoms with Gasteiger partial charge < -0.3 is 5.32 Å². The number of halogens is 1. The van der Waals surface area contributed by atoms with Gasteiger partial charge in [0.15, 0.2) is 9.84 Å². The lowest BCUT2D eigenvalue weighted by Gasteiger charge is -2.22. The van der Waals surface area contributed by atoms with Crippen LogP contribution in [0.4, 0.5) is 0 Å². The number of sulfonamides is 1. The van der Waals surface area contributed by atoms with Gasteiger partial charge in [0.2, 0.25) is 10.0 Å². The first kappa shape index (κ1) is 17.4. The van der Waals surface area contributed by atoms with Gasteiger partial charge in [0.1, 0.15) is 4.90 Å². The summed E-state index contributed by atoms with van der Waals surface area (Å²) in [6, 6.07) is 1.05. The Labute approximate surface area is 137 Å². The predicted molar refractivity (Wildman–Crippen MR) is 86.8 cm³/mol. The fraction of sp³-hybridized carbons (Fsp3) is 0.636. The third-order valence-electron chi connectivity index (χ3n) is 3.13. The Balaban J connectivity index is 2.18. The number of rotatable bonds is 5. The van der Waals surface area contributed by atoms with Gasteiger partial charge in [0, 0.05) is 17.5 Å². The van der Waals surface area contributed by atoms with E-state index in [1.165, 1.54) is 11.3 Å². The van der Waals surface area contributed by atoms with Crippen LogP contribution in [0.15, 0.2) is 14.7 Å². The SMILES string of the molecule is CNCc1cc(S(=O)(=O)NC2CCCS(=O)(=O)C2)c(Br)s1. The lowest BCUT2D eigenvalue weighted by molar-refractivity contribution is 0.517.